The van der Waals surface area contributed by atoms with Crippen molar-refractivity contribution < 1.29 is 14.3 Å². The molecule has 0 radical (unpaired) electrons. The molecule has 1 aromatic heterocycles. The number of hydrogen-bond donors (Lipinski definition) is 1. The second-order valence-electron chi connectivity index (χ2n) is 8.41. The van der Waals surface area contributed by atoms with E-state index < -0.39 is 0 Å². The zero-order chi connectivity index (χ0) is 19.5. The first-order chi connectivity index (χ1) is 12.2. The Hall–Kier alpha value is -1.36. The fraction of sp³-hybridized carbons (Fsp3) is 0.714. The lowest BCUT2D eigenvalue weighted by molar-refractivity contribution is -0.119. The van der Waals surface area contributed by atoms with E-state index >= 15 is 0 Å². The monoisotopic (exact) mass is 379 g/mol. The maximum absolute atomic E-state index is 12.6. The van der Waals surface area contributed by atoms with Crippen LogP contribution >= 0.6 is 11.3 Å². The number of ether oxygens (including phenoxy) is 1. The van der Waals surface area contributed by atoms with Gasteiger partial charge in [0.15, 0.2) is 0 Å². The number of fused-ring (bicyclic) bond motifs is 1. The number of thiophene rings is 1. The molecule has 1 N–H and O–H groups in total. The van der Waals surface area contributed by atoms with Crippen LogP contribution in [0.2, 0.25) is 0 Å². The average Bonchev–Trinajstić information content (AvgIpc) is 2.91. The summed E-state index contributed by atoms with van der Waals surface area (Å²) < 4.78 is 5.29. The topological polar surface area (TPSA) is 55.4 Å². The lowest BCUT2D eigenvalue weighted by atomic mass is 9.72. The third-order valence-electron chi connectivity index (χ3n) is 5.38. The molecule has 1 aliphatic rings. The Morgan fingerprint density at radius 3 is 2.58 bits per heavy atom. The van der Waals surface area contributed by atoms with Crippen molar-refractivity contribution in [2.45, 2.75) is 73.6 Å². The minimum absolute atomic E-state index is 0.0108. The van der Waals surface area contributed by atoms with Gasteiger partial charge >= 0.3 is 5.97 Å². The first-order valence-electron chi connectivity index (χ1n) is 9.81. The molecular formula is C21H33NO3S. The van der Waals surface area contributed by atoms with Gasteiger partial charge in [-0.2, -0.15) is 0 Å². The predicted octanol–water partition coefficient (Wildman–Crippen LogP) is 5.45. The number of rotatable bonds is 6. The molecule has 0 aromatic carbocycles. The summed E-state index contributed by atoms with van der Waals surface area (Å²) in [5.41, 5.74) is 1.92. The van der Waals surface area contributed by atoms with Gasteiger partial charge in [-0.1, -0.05) is 41.0 Å². The number of anilines is 1. The second-order valence-corrected chi connectivity index (χ2v) is 9.52. The first-order valence-corrected chi connectivity index (χ1v) is 10.6. The Balaban J connectivity index is 2.34. The number of carbonyl (C=O) groups is 2. The van der Waals surface area contributed by atoms with Gasteiger partial charge in [-0.05, 0) is 49.5 Å². The number of amides is 1. The van der Waals surface area contributed by atoms with E-state index in [1.807, 2.05) is 13.8 Å². The van der Waals surface area contributed by atoms with Crippen molar-refractivity contribution in [1.82, 2.24) is 0 Å². The molecule has 1 aromatic rings. The van der Waals surface area contributed by atoms with Crippen molar-refractivity contribution in [2.75, 3.05) is 11.9 Å². The highest BCUT2D eigenvalue weighted by Crippen LogP contribution is 2.44. The molecule has 0 aliphatic heterocycles. The Bertz CT molecular complexity index is 657. The van der Waals surface area contributed by atoms with Crippen molar-refractivity contribution >= 4 is 28.2 Å². The van der Waals surface area contributed by atoms with E-state index in [1.54, 1.807) is 11.3 Å². The van der Waals surface area contributed by atoms with Crippen LogP contribution in [0.4, 0.5) is 5.00 Å². The molecule has 0 spiro atoms. The predicted molar refractivity (Wildman–Crippen MR) is 108 cm³/mol. The van der Waals surface area contributed by atoms with Crippen molar-refractivity contribution in [3.63, 3.8) is 0 Å². The van der Waals surface area contributed by atoms with Crippen LogP contribution < -0.4 is 5.32 Å². The molecule has 1 heterocycles. The Morgan fingerprint density at radius 2 is 2.00 bits per heavy atom. The van der Waals surface area contributed by atoms with Gasteiger partial charge < -0.3 is 10.1 Å². The van der Waals surface area contributed by atoms with Crippen molar-refractivity contribution in [1.29, 1.82) is 0 Å². The molecule has 4 nitrogen and oxygen atoms in total. The summed E-state index contributed by atoms with van der Waals surface area (Å²) in [6.07, 6.45) is 4.73. The van der Waals surface area contributed by atoms with Crippen LogP contribution in [0.3, 0.4) is 0 Å². The summed E-state index contributed by atoms with van der Waals surface area (Å²) in [5, 5.41) is 3.70. The second kappa shape index (κ2) is 8.55. The van der Waals surface area contributed by atoms with Crippen molar-refractivity contribution in [2.24, 2.45) is 17.3 Å². The normalized spacial score (nSPS) is 18.2. The maximum atomic E-state index is 12.6. The van der Waals surface area contributed by atoms with Gasteiger partial charge in [-0.15, -0.1) is 11.3 Å². The fourth-order valence-electron chi connectivity index (χ4n) is 3.63. The molecule has 5 heteroatoms. The number of hydrogen-bond acceptors (Lipinski definition) is 4. The van der Waals surface area contributed by atoms with E-state index in [1.165, 1.54) is 4.88 Å². The Morgan fingerprint density at radius 1 is 1.31 bits per heavy atom. The number of nitrogens with one attached hydrogen (secondary N) is 1. The lowest BCUT2D eigenvalue weighted by Crippen LogP contribution is -2.26. The van der Waals surface area contributed by atoms with E-state index in [-0.39, 0.29) is 23.2 Å². The molecule has 0 saturated carbocycles. The minimum atomic E-state index is -0.308. The third kappa shape index (κ3) is 4.67. The van der Waals surface area contributed by atoms with Gasteiger partial charge in [0.05, 0.1) is 12.2 Å². The zero-order valence-corrected chi connectivity index (χ0v) is 17.8. The summed E-state index contributed by atoms with van der Waals surface area (Å²) in [7, 11) is 0. The Labute approximate surface area is 161 Å². The van der Waals surface area contributed by atoms with E-state index in [4.69, 9.17) is 4.74 Å². The summed E-state index contributed by atoms with van der Waals surface area (Å²) >= 11 is 1.57. The maximum Gasteiger partial charge on any atom is 0.341 e. The third-order valence-corrected chi connectivity index (χ3v) is 6.55. The molecule has 0 saturated heterocycles. The summed E-state index contributed by atoms with van der Waals surface area (Å²) in [4.78, 5) is 26.3. The molecule has 2 rings (SSSR count). The van der Waals surface area contributed by atoms with E-state index in [2.05, 4.69) is 33.0 Å². The summed E-state index contributed by atoms with van der Waals surface area (Å²) in [5.74, 6) is 0.212. The number of esters is 1. The minimum Gasteiger partial charge on any atom is -0.462 e. The smallest absolute Gasteiger partial charge is 0.341 e. The molecule has 0 bridgehead atoms. The van der Waals surface area contributed by atoms with Crippen LogP contribution in [0.15, 0.2) is 0 Å². The van der Waals surface area contributed by atoms with Gasteiger partial charge in [0.2, 0.25) is 5.91 Å². The Kier molecular flexibility index (Phi) is 6.89. The molecule has 146 valence electrons. The molecule has 2 atom stereocenters. The lowest BCUT2D eigenvalue weighted by Gasteiger charge is -2.33. The first kappa shape index (κ1) is 20.9. The standard InChI is InChI=1S/C21H33NO3S/c1-7-9-13(3)18(23)22-19-17(20(24)25-8-2)15-11-10-14(21(4,5)6)12-16(15)26-19/h13-14H,7-12H2,1-6H3,(H,22,23). The highest BCUT2D eigenvalue weighted by Gasteiger charge is 2.34. The molecular weight excluding hydrogens is 346 g/mol. The molecule has 2 unspecified atom stereocenters. The average molecular weight is 380 g/mol. The van der Waals surface area contributed by atoms with Gasteiger partial charge in [0, 0.05) is 10.8 Å². The van der Waals surface area contributed by atoms with Crippen LogP contribution in [0.5, 0.6) is 0 Å². The number of carbonyl (C=O) groups excluding carboxylic acids is 2. The van der Waals surface area contributed by atoms with Gasteiger partial charge in [0.25, 0.3) is 0 Å². The largest absolute Gasteiger partial charge is 0.462 e. The molecule has 1 amide bonds. The van der Waals surface area contributed by atoms with Crippen LogP contribution in [0.25, 0.3) is 0 Å². The van der Waals surface area contributed by atoms with Crippen molar-refractivity contribution in [3.8, 4) is 0 Å². The summed E-state index contributed by atoms with van der Waals surface area (Å²) in [6.45, 7) is 13.0. The molecule has 0 fully saturated rings. The van der Waals surface area contributed by atoms with Crippen LogP contribution in [0, 0.1) is 17.3 Å². The molecule has 26 heavy (non-hydrogen) atoms. The fourth-order valence-corrected chi connectivity index (χ4v) is 4.95. The SMILES string of the molecule is CCCC(C)C(=O)Nc1sc2c(c1C(=O)OCC)CCC(C(C)(C)C)C2. The van der Waals surface area contributed by atoms with Gasteiger partial charge in [-0.25, -0.2) is 4.79 Å². The van der Waals surface area contributed by atoms with Crippen LogP contribution in [-0.4, -0.2) is 18.5 Å². The quantitative estimate of drug-likeness (QED) is 0.669. The van der Waals surface area contributed by atoms with Gasteiger partial charge in [-0.3, -0.25) is 4.79 Å². The molecule has 1 aliphatic carbocycles. The van der Waals surface area contributed by atoms with E-state index in [9.17, 15) is 9.59 Å². The van der Waals surface area contributed by atoms with E-state index in [0.717, 1.165) is 37.7 Å². The highest BCUT2D eigenvalue weighted by molar-refractivity contribution is 7.17. The highest BCUT2D eigenvalue weighted by atomic mass is 32.1. The van der Waals surface area contributed by atoms with Gasteiger partial charge in [0.1, 0.15) is 5.00 Å². The van der Waals surface area contributed by atoms with Crippen LogP contribution in [0.1, 0.15) is 81.6 Å². The zero-order valence-electron chi connectivity index (χ0n) is 17.0. The summed E-state index contributed by atoms with van der Waals surface area (Å²) in [6, 6.07) is 0. The van der Waals surface area contributed by atoms with Crippen LogP contribution in [-0.2, 0) is 22.4 Å². The van der Waals surface area contributed by atoms with E-state index in [0.29, 0.717) is 23.1 Å². The van der Waals surface area contributed by atoms with Crippen molar-refractivity contribution in [3.05, 3.63) is 16.0 Å².